The van der Waals surface area contributed by atoms with Crippen LogP contribution in [0.3, 0.4) is 0 Å². The molecule has 0 radical (unpaired) electrons. The van der Waals surface area contributed by atoms with Crippen molar-refractivity contribution in [2.24, 2.45) is 0 Å². The predicted molar refractivity (Wildman–Crippen MR) is 76.8 cm³/mol. The summed E-state index contributed by atoms with van der Waals surface area (Å²) in [5, 5.41) is 1.65. The maximum atomic E-state index is 13.5. The fourth-order valence-corrected chi connectivity index (χ4v) is 2.79. The lowest BCUT2D eigenvalue weighted by molar-refractivity contribution is -0.115. The Morgan fingerprint density at radius 2 is 2.11 bits per heavy atom. The quantitative estimate of drug-likeness (QED) is 0.816. The van der Waals surface area contributed by atoms with Crippen LogP contribution in [0.4, 0.5) is 15.8 Å². The molecule has 1 amide bonds. The molecule has 0 bridgehead atoms. The summed E-state index contributed by atoms with van der Waals surface area (Å²) in [7, 11) is -1.29. The number of carbonyl (C=O) groups excluding carboxylic acids is 1. The first kappa shape index (κ1) is 15.6. The molecule has 3 unspecified atom stereocenters. The molecule has 4 nitrogen and oxygen atoms in total. The van der Waals surface area contributed by atoms with E-state index in [0.29, 0.717) is 5.69 Å². The number of benzene rings is 1. The number of hydrogen-bond acceptors (Lipinski definition) is 3. The third-order valence-corrected chi connectivity index (χ3v) is 4.97. The lowest BCUT2D eigenvalue weighted by Crippen LogP contribution is -2.33. The van der Waals surface area contributed by atoms with Gasteiger partial charge in [0.15, 0.2) is 0 Å². The van der Waals surface area contributed by atoms with Crippen LogP contribution in [0.15, 0.2) is 18.2 Å². The highest BCUT2D eigenvalue weighted by molar-refractivity contribution is 7.87. The average Bonchev–Trinajstić information content (AvgIpc) is 2.40. The van der Waals surface area contributed by atoms with Crippen molar-refractivity contribution >= 4 is 28.1 Å². The molecule has 3 atom stereocenters. The van der Waals surface area contributed by atoms with Gasteiger partial charge in [-0.2, -0.15) is 0 Å². The molecule has 19 heavy (non-hydrogen) atoms. The van der Waals surface area contributed by atoms with Crippen LogP contribution in [0.1, 0.15) is 27.2 Å². The van der Waals surface area contributed by atoms with Gasteiger partial charge in [0.1, 0.15) is 11.1 Å². The van der Waals surface area contributed by atoms with E-state index < -0.39 is 27.8 Å². The monoisotopic (exact) mass is 286 g/mol. The lowest BCUT2D eigenvalue weighted by Gasteiger charge is -2.16. The highest BCUT2D eigenvalue weighted by atomic mass is 32.2. The number of rotatable bonds is 5. The second kappa shape index (κ2) is 6.65. The van der Waals surface area contributed by atoms with Crippen LogP contribution in [0.2, 0.25) is 0 Å². The Morgan fingerprint density at radius 1 is 1.47 bits per heavy atom. The Hall–Kier alpha value is -1.43. The highest BCUT2D eigenvalue weighted by Crippen LogP contribution is 2.18. The molecule has 6 heteroatoms. The first-order valence-corrected chi connectivity index (χ1v) is 7.39. The first-order chi connectivity index (χ1) is 8.86. The van der Waals surface area contributed by atoms with E-state index in [2.05, 4.69) is 5.32 Å². The van der Waals surface area contributed by atoms with Gasteiger partial charge >= 0.3 is 0 Å². The molecular formula is C13H19FN2O2S. The van der Waals surface area contributed by atoms with Gasteiger partial charge in [-0.25, -0.2) is 4.39 Å². The van der Waals surface area contributed by atoms with E-state index in [1.807, 2.05) is 13.8 Å². The Morgan fingerprint density at radius 3 is 2.68 bits per heavy atom. The zero-order valence-electron chi connectivity index (χ0n) is 11.3. The van der Waals surface area contributed by atoms with Gasteiger partial charge in [0.25, 0.3) is 0 Å². The van der Waals surface area contributed by atoms with Gasteiger partial charge in [0.05, 0.1) is 5.69 Å². The minimum atomic E-state index is -1.29. The molecule has 0 heterocycles. The molecule has 1 aromatic carbocycles. The zero-order valence-corrected chi connectivity index (χ0v) is 12.1. The number of halogens is 1. The summed E-state index contributed by atoms with van der Waals surface area (Å²) in [5.74, 6) is -1.03. The average molecular weight is 286 g/mol. The second-order valence-corrected chi connectivity index (χ2v) is 6.59. The van der Waals surface area contributed by atoms with Crippen LogP contribution in [-0.2, 0) is 15.6 Å². The van der Waals surface area contributed by atoms with Crippen molar-refractivity contribution in [1.82, 2.24) is 0 Å². The van der Waals surface area contributed by atoms with E-state index in [1.54, 1.807) is 6.92 Å². The minimum absolute atomic E-state index is 0.0120. The summed E-state index contributed by atoms with van der Waals surface area (Å²) in [4.78, 5) is 11.9. The van der Waals surface area contributed by atoms with E-state index in [1.165, 1.54) is 18.2 Å². The van der Waals surface area contributed by atoms with Crippen LogP contribution < -0.4 is 11.1 Å². The van der Waals surface area contributed by atoms with Gasteiger partial charge in [0.2, 0.25) is 5.91 Å². The maximum absolute atomic E-state index is 13.5. The molecular weight excluding hydrogens is 267 g/mol. The summed E-state index contributed by atoms with van der Waals surface area (Å²) >= 11 is 0. The molecule has 1 aromatic rings. The number of nitrogens with one attached hydrogen (secondary N) is 1. The molecule has 3 N–H and O–H groups in total. The van der Waals surface area contributed by atoms with Crippen molar-refractivity contribution in [3.8, 4) is 0 Å². The van der Waals surface area contributed by atoms with Crippen LogP contribution in [0.25, 0.3) is 0 Å². The van der Waals surface area contributed by atoms with E-state index in [0.717, 1.165) is 6.42 Å². The van der Waals surface area contributed by atoms with Gasteiger partial charge in [-0.15, -0.1) is 0 Å². The smallest absolute Gasteiger partial charge is 0.239 e. The largest absolute Gasteiger partial charge is 0.399 e. The van der Waals surface area contributed by atoms with Crippen LogP contribution in [-0.4, -0.2) is 20.6 Å². The Balaban J connectivity index is 2.79. The van der Waals surface area contributed by atoms with Gasteiger partial charge < -0.3 is 11.1 Å². The third kappa shape index (κ3) is 4.02. The zero-order chi connectivity index (χ0) is 14.6. The molecule has 0 aliphatic heterocycles. The van der Waals surface area contributed by atoms with Crippen molar-refractivity contribution in [3.05, 3.63) is 24.0 Å². The van der Waals surface area contributed by atoms with Gasteiger partial charge in [0, 0.05) is 21.7 Å². The Kier molecular flexibility index (Phi) is 5.47. The molecule has 106 valence electrons. The molecule has 0 aliphatic rings. The number of nitrogens with two attached hydrogens (primary N) is 1. The van der Waals surface area contributed by atoms with Gasteiger partial charge in [-0.3, -0.25) is 9.00 Å². The summed E-state index contributed by atoms with van der Waals surface area (Å²) < 4.78 is 25.5. The third-order valence-electron chi connectivity index (χ3n) is 2.94. The number of hydrogen-bond donors (Lipinski definition) is 2. The van der Waals surface area contributed by atoms with Crippen LogP contribution in [0, 0.1) is 5.82 Å². The van der Waals surface area contributed by atoms with Crippen molar-refractivity contribution in [3.63, 3.8) is 0 Å². The summed E-state index contributed by atoms with van der Waals surface area (Å²) in [6.45, 7) is 5.30. The van der Waals surface area contributed by atoms with Crippen LogP contribution in [0.5, 0.6) is 0 Å². The predicted octanol–water partition coefficient (Wildman–Crippen LogP) is 2.28. The Bertz CT molecular complexity index is 494. The van der Waals surface area contributed by atoms with E-state index in [9.17, 15) is 13.4 Å². The maximum Gasteiger partial charge on any atom is 0.239 e. The number of amides is 1. The number of carbonyl (C=O) groups is 1. The van der Waals surface area contributed by atoms with Crippen LogP contribution >= 0.6 is 0 Å². The van der Waals surface area contributed by atoms with E-state index >= 15 is 0 Å². The van der Waals surface area contributed by atoms with Crippen molar-refractivity contribution < 1.29 is 13.4 Å². The van der Waals surface area contributed by atoms with Gasteiger partial charge in [-0.1, -0.05) is 13.8 Å². The number of nitrogen functional groups attached to an aromatic ring is 1. The summed E-state index contributed by atoms with van der Waals surface area (Å²) in [5.41, 5.74) is 5.90. The molecule has 0 saturated heterocycles. The van der Waals surface area contributed by atoms with E-state index in [4.69, 9.17) is 5.73 Å². The highest BCUT2D eigenvalue weighted by Gasteiger charge is 2.24. The molecule has 1 rings (SSSR count). The number of anilines is 2. The standard InChI is InChI=1S/C13H19FN2O2S/c1-4-8(2)19(18)9(3)13(17)16-12-7-10(15)5-6-11(12)14/h5-9H,4,15H2,1-3H3,(H,16,17). The minimum Gasteiger partial charge on any atom is -0.399 e. The van der Waals surface area contributed by atoms with Crippen molar-refractivity contribution in [1.29, 1.82) is 0 Å². The molecule has 0 aliphatic carbocycles. The second-order valence-electron chi connectivity index (χ2n) is 4.42. The van der Waals surface area contributed by atoms with Gasteiger partial charge in [-0.05, 0) is 31.5 Å². The molecule has 0 aromatic heterocycles. The molecule has 0 spiro atoms. The lowest BCUT2D eigenvalue weighted by atomic mass is 10.2. The fraction of sp³-hybridized carbons (Fsp3) is 0.462. The fourth-order valence-electron chi connectivity index (χ4n) is 1.49. The first-order valence-electron chi connectivity index (χ1n) is 6.12. The molecule has 0 saturated carbocycles. The topological polar surface area (TPSA) is 72.2 Å². The van der Waals surface area contributed by atoms with E-state index in [-0.39, 0.29) is 10.9 Å². The van der Waals surface area contributed by atoms with Crippen molar-refractivity contribution in [2.45, 2.75) is 37.7 Å². The molecule has 0 fully saturated rings. The SMILES string of the molecule is CCC(C)S(=O)C(C)C(=O)Nc1cc(N)ccc1F. The summed E-state index contributed by atoms with van der Waals surface area (Å²) in [6, 6.07) is 3.93. The summed E-state index contributed by atoms with van der Waals surface area (Å²) in [6.07, 6.45) is 0.719. The normalized spacial score (nSPS) is 15.6. The van der Waals surface area contributed by atoms with Crippen molar-refractivity contribution in [2.75, 3.05) is 11.1 Å². The Labute approximate surface area is 115 Å².